The Balaban J connectivity index is 2.90. The number of hydrogen-bond acceptors (Lipinski definition) is 5. The molecule has 1 atom stereocenters. The number of amides is 1. The molecule has 0 spiro atoms. The van der Waals surface area contributed by atoms with Crippen LogP contribution in [0.3, 0.4) is 0 Å². The first kappa shape index (κ1) is 14.3. The lowest BCUT2D eigenvalue weighted by atomic mass is 10.2. The Hall–Kier alpha value is -1.73. The van der Waals surface area contributed by atoms with Crippen LogP contribution in [0.25, 0.3) is 0 Å². The summed E-state index contributed by atoms with van der Waals surface area (Å²) in [6.07, 6.45) is 1.65. The van der Waals surface area contributed by atoms with Gasteiger partial charge in [0.25, 0.3) is 11.6 Å². The fourth-order valence-corrected chi connectivity index (χ4v) is 1.37. The van der Waals surface area contributed by atoms with Crippen molar-refractivity contribution >= 4 is 23.2 Å². The summed E-state index contributed by atoms with van der Waals surface area (Å²) >= 11 is 5.62. The van der Waals surface area contributed by atoms with E-state index in [1.165, 1.54) is 0 Å². The molecule has 0 fully saturated rings. The molecule has 0 bridgehead atoms. The number of aromatic nitrogens is 1. The Bertz CT molecular complexity index is 466. The molecule has 1 rings (SSSR count). The first-order valence-electron chi connectivity index (χ1n) is 5.29. The number of hydrogen-bond donors (Lipinski definition) is 2. The van der Waals surface area contributed by atoms with Gasteiger partial charge in [0.2, 0.25) is 0 Å². The summed E-state index contributed by atoms with van der Waals surface area (Å²) in [5.41, 5.74) is 5.13. The van der Waals surface area contributed by atoms with E-state index in [4.69, 9.17) is 17.3 Å². The van der Waals surface area contributed by atoms with Gasteiger partial charge in [0.15, 0.2) is 0 Å². The minimum absolute atomic E-state index is 0.0190. The molecule has 1 heterocycles. The van der Waals surface area contributed by atoms with Gasteiger partial charge < -0.3 is 11.1 Å². The van der Waals surface area contributed by atoms with Crippen molar-refractivity contribution in [3.8, 4) is 0 Å². The number of carbonyl (C=O) groups is 1. The minimum Gasteiger partial charge on any atom is -0.350 e. The summed E-state index contributed by atoms with van der Waals surface area (Å²) in [7, 11) is 0. The maximum atomic E-state index is 11.8. The molecule has 3 N–H and O–H groups in total. The van der Waals surface area contributed by atoms with Crippen LogP contribution < -0.4 is 11.1 Å². The van der Waals surface area contributed by atoms with Gasteiger partial charge in [0.1, 0.15) is 16.9 Å². The Morgan fingerprint density at radius 1 is 1.72 bits per heavy atom. The zero-order chi connectivity index (χ0) is 13.7. The summed E-state index contributed by atoms with van der Waals surface area (Å²) in [5.74, 6) is -0.588. The summed E-state index contributed by atoms with van der Waals surface area (Å²) in [6, 6.07) is 0.970. The van der Waals surface area contributed by atoms with Crippen LogP contribution in [0.2, 0.25) is 5.15 Å². The van der Waals surface area contributed by atoms with Crippen molar-refractivity contribution in [3.05, 3.63) is 33.1 Å². The van der Waals surface area contributed by atoms with Crippen molar-refractivity contribution in [1.29, 1.82) is 0 Å². The van der Waals surface area contributed by atoms with Gasteiger partial charge in [-0.15, -0.1) is 0 Å². The van der Waals surface area contributed by atoms with Crippen LogP contribution in [0.15, 0.2) is 12.3 Å². The Labute approximate surface area is 108 Å². The molecule has 8 heteroatoms. The van der Waals surface area contributed by atoms with Gasteiger partial charge in [0, 0.05) is 12.6 Å². The SMILES string of the molecule is CCC(N)CNC(=O)c1cc(Cl)ncc1[N+](=O)[O-]. The number of rotatable bonds is 5. The highest BCUT2D eigenvalue weighted by atomic mass is 35.5. The molecule has 1 aromatic heterocycles. The number of halogens is 1. The second kappa shape index (κ2) is 6.27. The molecule has 0 aliphatic carbocycles. The highest BCUT2D eigenvalue weighted by Gasteiger charge is 2.21. The largest absolute Gasteiger partial charge is 0.350 e. The summed E-state index contributed by atoms with van der Waals surface area (Å²) < 4.78 is 0. The maximum absolute atomic E-state index is 11.8. The monoisotopic (exact) mass is 272 g/mol. The van der Waals surface area contributed by atoms with Gasteiger partial charge in [-0.05, 0) is 12.5 Å². The van der Waals surface area contributed by atoms with E-state index in [-0.39, 0.29) is 29.0 Å². The van der Waals surface area contributed by atoms with Crippen molar-refractivity contribution in [3.63, 3.8) is 0 Å². The molecule has 0 aliphatic rings. The first-order valence-corrected chi connectivity index (χ1v) is 5.67. The fraction of sp³-hybridized carbons (Fsp3) is 0.400. The fourth-order valence-electron chi connectivity index (χ4n) is 1.21. The normalized spacial score (nSPS) is 11.9. The van der Waals surface area contributed by atoms with E-state index in [9.17, 15) is 14.9 Å². The van der Waals surface area contributed by atoms with Gasteiger partial charge in [-0.3, -0.25) is 14.9 Å². The third-order valence-electron chi connectivity index (χ3n) is 2.34. The topological polar surface area (TPSA) is 111 Å². The lowest BCUT2D eigenvalue weighted by molar-refractivity contribution is -0.385. The van der Waals surface area contributed by atoms with Crippen molar-refractivity contribution in [2.45, 2.75) is 19.4 Å². The predicted octanol–water partition coefficient (Wildman–Crippen LogP) is 1.11. The van der Waals surface area contributed by atoms with Crippen molar-refractivity contribution in [1.82, 2.24) is 10.3 Å². The number of nitrogens with one attached hydrogen (secondary N) is 1. The molecule has 98 valence electrons. The van der Waals surface area contributed by atoms with Gasteiger partial charge in [-0.25, -0.2) is 4.98 Å². The van der Waals surface area contributed by atoms with Crippen molar-refractivity contribution < 1.29 is 9.72 Å². The summed E-state index contributed by atoms with van der Waals surface area (Å²) in [6.45, 7) is 2.12. The molecule has 7 nitrogen and oxygen atoms in total. The smallest absolute Gasteiger partial charge is 0.300 e. The lowest BCUT2D eigenvalue weighted by Crippen LogP contribution is -2.36. The Morgan fingerprint density at radius 2 is 2.39 bits per heavy atom. The van der Waals surface area contributed by atoms with E-state index in [1.54, 1.807) is 0 Å². The second-order valence-electron chi connectivity index (χ2n) is 3.66. The van der Waals surface area contributed by atoms with E-state index >= 15 is 0 Å². The zero-order valence-electron chi connectivity index (χ0n) is 9.72. The van der Waals surface area contributed by atoms with Crippen LogP contribution in [0.5, 0.6) is 0 Å². The van der Waals surface area contributed by atoms with Crippen molar-refractivity contribution in [2.24, 2.45) is 5.73 Å². The van der Waals surface area contributed by atoms with Crippen LogP contribution in [-0.4, -0.2) is 28.4 Å². The number of nitrogens with two attached hydrogens (primary N) is 1. The summed E-state index contributed by atoms with van der Waals surface area (Å²) in [4.78, 5) is 25.4. The molecule has 0 saturated carbocycles. The molecule has 0 aliphatic heterocycles. The molecule has 0 aromatic carbocycles. The zero-order valence-corrected chi connectivity index (χ0v) is 10.5. The van der Waals surface area contributed by atoms with E-state index in [0.717, 1.165) is 12.3 Å². The maximum Gasteiger partial charge on any atom is 0.300 e. The highest BCUT2D eigenvalue weighted by molar-refractivity contribution is 6.29. The van der Waals surface area contributed by atoms with Crippen LogP contribution >= 0.6 is 11.6 Å². The standard InChI is InChI=1S/C10H13ClN4O3/c1-2-6(12)4-14-10(16)7-3-9(11)13-5-8(7)15(17)18/h3,5-6H,2,4,12H2,1H3,(H,14,16). The molecule has 1 amide bonds. The Morgan fingerprint density at radius 3 is 2.94 bits per heavy atom. The third-order valence-corrected chi connectivity index (χ3v) is 2.55. The van der Waals surface area contributed by atoms with Crippen LogP contribution in [0, 0.1) is 10.1 Å². The van der Waals surface area contributed by atoms with E-state index in [2.05, 4.69) is 10.3 Å². The highest BCUT2D eigenvalue weighted by Crippen LogP contribution is 2.20. The molecule has 0 saturated heterocycles. The lowest BCUT2D eigenvalue weighted by Gasteiger charge is -2.10. The van der Waals surface area contributed by atoms with Gasteiger partial charge in [0.05, 0.1) is 4.92 Å². The van der Waals surface area contributed by atoms with Gasteiger partial charge in [-0.2, -0.15) is 0 Å². The number of carbonyl (C=O) groups excluding carboxylic acids is 1. The predicted molar refractivity (Wildman–Crippen MR) is 66.5 cm³/mol. The van der Waals surface area contributed by atoms with Crippen LogP contribution in [0.1, 0.15) is 23.7 Å². The average molecular weight is 273 g/mol. The number of pyridine rings is 1. The molecule has 18 heavy (non-hydrogen) atoms. The summed E-state index contributed by atoms with van der Waals surface area (Å²) in [5, 5.41) is 13.3. The van der Waals surface area contributed by atoms with Gasteiger partial charge in [-0.1, -0.05) is 18.5 Å². The molecular weight excluding hydrogens is 260 g/mol. The number of nitro groups is 1. The average Bonchev–Trinajstić information content (AvgIpc) is 2.34. The van der Waals surface area contributed by atoms with Crippen molar-refractivity contribution in [2.75, 3.05) is 6.54 Å². The Kier molecular flexibility index (Phi) is 4.99. The first-order chi connectivity index (χ1) is 8.45. The molecule has 1 unspecified atom stereocenters. The van der Waals surface area contributed by atoms with Gasteiger partial charge >= 0.3 is 0 Å². The van der Waals surface area contributed by atoms with E-state index in [0.29, 0.717) is 6.42 Å². The molecular formula is C10H13ClN4O3. The third kappa shape index (κ3) is 3.64. The minimum atomic E-state index is -0.683. The van der Waals surface area contributed by atoms with Crippen LogP contribution in [0.4, 0.5) is 5.69 Å². The van der Waals surface area contributed by atoms with Crippen LogP contribution in [-0.2, 0) is 0 Å². The second-order valence-corrected chi connectivity index (χ2v) is 4.05. The van der Waals surface area contributed by atoms with E-state index < -0.39 is 10.8 Å². The molecule has 0 radical (unpaired) electrons. The quantitative estimate of drug-likeness (QED) is 0.474. The number of nitrogens with zero attached hydrogens (tertiary/aromatic N) is 2. The van der Waals surface area contributed by atoms with E-state index in [1.807, 2.05) is 6.92 Å². The molecule has 1 aromatic rings.